The van der Waals surface area contributed by atoms with Gasteiger partial charge in [-0.15, -0.1) is 0 Å². The molecule has 6 heteroatoms. The molecular weight excluding hydrogens is 420 g/mol. The molecular formula is C26H24N2O3S. The van der Waals surface area contributed by atoms with Crippen LogP contribution in [-0.2, 0) is 17.8 Å². The highest BCUT2D eigenvalue weighted by Crippen LogP contribution is 2.26. The van der Waals surface area contributed by atoms with Gasteiger partial charge >= 0.3 is 0 Å². The maximum atomic E-state index is 12.8. The zero-order chi connectivity index (χ0) is 22.7. The summed E-state index contributed by atoms with van der Waals surface area (Å²) < 4.78 is 0. The van der Waals surface area contributed by atoms with Crippen molar-refractivity contribution in [1.82, 2.24) is 10.2 Å². The third-order valence-corrected chi connectivity index (χ3v) is 6.42. The minimum Gasteiger partial charge on any atom is -0.337 e. The Morgan fingerprint density at radius 1 is 0.938 bits per heavy atom. The molecule has 1 aliphatic rings. The summed E-state index contributed by atoms with van der Waals surface area (Å²) in [6, 6.07) is 23.8. The summed E-state index contributed by atoms with van der Waals surface area (Å²) in [6.07, 6.45) is 0.522. The van der Waals surface area contributed by atoms with Gasteiger partial charge in [-0.05, 0) is 53.8 Å². The maximum absolute atomic E-state index is 12.8. The Labute approximate surface area is 191 Å². The number of imide groups is 1. The molecule has 3 aromatic carbocycles. The van der Waals surface area contributed by atoms with Gasteiger partial charge in [-0.25, -0.2) is 0 Å². The molecule has 1 heterocycles. The molecule has 5 nitrogen and oxygen atoms in total. The summed E-state index contributed by atoms with van der Waals surface area (Å²) in [7, 11) is 1.81. The molecule has 1 unspecified atom stereocenters. The quantitative estimate of drug-likeness (QED) is 0.592. The molecule has 0 aromatic heterocycles. The van der Waals surface area contributed by atoms with Gasteiger partial charge in [0.25, 0.3) is 11.1 Å². The molecule has 1 N–H and O–H groups in total. The van der Waals surface area contributed by atoms with Gasteiger partial charge in [-0.2, -0.15) is 0 Å². The first-order chi connectivity index (χ1) is 15.4. The minimum absolute atomic E-state index is 0.00393. The Bertz CT molecular complexity index is 1170. The number of aryl methyl sites for hydroxylation is 1. The van der Waals surface area contributed by atoms with Crippen LogP contribution in [0.3, 0.4) is 0 Å². The minimum atomic E-state index is -0.363. The van der Waals surface area contributed by atoms with Crippen molar-refractivity contribution in [3.63, 3.8) is 0 Å². The van der Waals surface area contributed by atoms with Crippen LogP contribution in [0, 0.1) is 6.92 Å². The van der Waals surface area contributed by atoms with E-state index >= 15 is 0 Å². The van der Waals surface area contributed by atoms with Crippen LogP contribution in [0.2, 0.25) is 0 Å². The number of benzene rings is 3. The summed E-state index contributed by atoms with van der Waals surface area (Å²) in [6.45, 7) is 2.49. The number of hydrogen-bond donors (Lipinski definition) is 1. The summed E-state index contributed by atoms with van der Waals surface area (Å²) in [5.74, 6) is -0.225. The topological polar surface area (TPSA) is 66.5 Å². The van der Waals surface area contributed by atoms with Gasteiger partial charge in [-0.1, -0.05) is 71.9 Å². The van der Waals surface area contributed by atoms with E-state index in [9.17, 15) is 14.4 Å². The number of carbonyl (C=O) groups excluding carboxylic acids is 3. The van der Waals surface area contributed by atoms with E-state index in [0.717, 1.165) is 39.6 Å². The first-order valence-corrected chi connectivity index (χ1v) is 11.3. The molecule has 4 rings (SSSR count). The van der Waals surface area contributed by atoms with E-state index in [-0.39, 0.29) is 22.3 Å². The monoisotopic (exact) mass is 444 g/mol. The predicted molar refractivity (Wildman–Crippen MR) is 127 cm³/mol. The van der Waals surface area contributed by atoms with Gasteiger partial charge in [-0.3, -0.25) is 19.7 Å². The smallest absolute Gasteiger partial charge is 0.286 e. The van der Waals surface area contributed by atoms with Crippen LogP contribution in [0.25, 0.3) is 11.1 Å². The van der Waals surface area contributed by atoms with Crippen molar-refractivity contribution in [2.24, 2.45) is 0 Å². The number of nitrogens with one attached hydrogen (secondary N) is 1. The highest BCUT2D eigenvalue weighted by Gasteiger charge is 2.31. The van der Waals surface area contributed by atoms with Crippen LogP contribution in [-0.4, -0.2) is 34.3 Å². The lowest BCUT2D eigenvalue weighted by atomic mass is 10.00. The molecule has 1 saturated heterocycles. The second kappa shape index (κ2) is 9.40. The Hall–Kier alpha value is -3.38. The number of hydrogen-bond acceptors (Lipinski definition) is 4. The van der Waals surface area contributed by atoms with Crippen molar-refractivity contribution < 1.29 is 14.4 Å². The Balaban J connectivity index is 1.44. The molecule has 32 heavy (non-hydrogen) atoms. The van der Waals surface area contributed by atoms with Crippen LogP contribution < -0.4 is 5.32 Å². The zero-order valence-corrected chi connectivity index (χ0v) is 18.8. The molecule has 0 bridgehead atoms. The molecule has 1 atom stereocenters. The molecule has 1 fully saturated rings. The average Bonchev–Trinajstić information content (AvgIpc) is 3.10. The van der Waals surface area contributed by atoms with Crippen molar-refractivity contribution in [2.75, 3.05) is 7.05 Å². The van der Waals surface area contributed by atoms with Crippen molar-refractivity contribution in [1.29, 1.82) is 0 Å². The molecule has 0 radical (unpaired) electrons. The van der Waals surface area contributed by atoms with Crippen molar-refractivity contribution in [3.8, 4) is 11.1 Å². The van der Waals surface area contributed by atoms with E-state index in [1.54, 1.807) is 4.90 Å². The molecule has 1 aliphatic heterocycles. The van der Waals surface area contributed by atoms with Gasteiger partial charge < -0.3 is 4.90 Å². The maximum Gasteiger partial charge on any atom is 0.286 e. The van der Waals surface area contributed by atoms with Crippen LogP contribution >= 0.6 is 11.8 Å². The largest absolute Gasteiger partial charge is 0.337 e. The van der Waals surface area contributed by atoms with Crippen LogP contribution in [0.4, 0.5) is 4.79 Å². The van der Waals surface area contributed by atoms with E-state index in [1.807, 2.05) is 80.7 Å². The highest BCUT2D eigenvalue weighted by atomic mass is 32.2. The molecule has 0 saturated carbocycles. The predicted octanol–water partition coefficient (Wildman–Crippen LogP) is 4.83. The third-order valence-electron chi connectivity index (χ3n) is 5.43. The normalized spacial score (nSPS) is 15.5. The van der Waals surface area contributed by atoms with Gasteiger partial charge in [0.15, 0.2) is 0 Å². The van der Waals surface area contributed by atoms with Crippen LogP contribution in [0.5, 0.6) is 0 Å². The lowest BCUT2D eigenvalue weighted by molar-refractivity contribution is -0.118. The van der Waals surface area contributed by atoms with Crippen LogP contribution in [0.1, 0.15) is 27.0 Å². The number of rotatable bonds is 6. The fourth-order valence-electron chi connectivity index (χ4n) is 3.77. The Kier molecular flexibility index (Phi) is 6.42. The second-order valence-corrected chi connectivity index (χ2v) is 9.19. The summed E-state index contributed by atoms with van der Waals surface area (Å²) in [5, 5.41) is 1.68. The first kappa shape index (κ1) is 21.8. The summed E-state index contributed by atoms with van der Waals surface area (Å²) in [5.41, 5.74) is 5.93. The summed E-state index contributed by atoms with van der Waals surface area (Å²) in [4.78, 5) is 37.6. The van der Waals surface area contributed by atoms with Crippen molar-refractivity contribution in [3.05, 3.63) is 95.1 Å². The van der Waals surface area contributed by atoms with Gasteiger partial charge in [0.1, 0.15) is 0 Å². The van der Waals surface area contributed by atoms with Crippen molar-refractivity contribution in [2.45, 2.75) is 25.1 Å². The van der Waals surface area contributed by atoms with E-state index in [1.165, 1.54) is 0 Å². The highest BCUT2D eigenvalue weighted by molar-refractivity contribution is 8.15. The fraction of sp³-hybridized carbons (Fsp3) is 0.192. The van der Waals surface area contributed by atoms with E-state index < -0.39 is 0 Å². The molecule has 3 amide bonds. The number of carbonyl (C=O) groups is 3. The second-order valence-electron chi connectivity index (χ2n) is 8.02. The number of thioether (sulfide) groups is 1. The van der Waals surface area contributed by atoms with Gasteiger partial charge in [0.05, 0.1) is 5.25 Å². The molecule has 3 aromatic rings. The number of nitrogens with zero attached hydrogens (tertiary/aromatic N) is 1. The lowest BCUT2D eigenvalue weighted by Crippen LogP contribution is -2.26. The zero-order valence-electron chi connectivity index (χ0n) is 18.0. The fourth-order valence-corrected chi connectivity index (χ4v) is 4.63. The van der Waals surface area contributed by atoms with Crippen molar-refractivity contribution >= 4 is 28.8 Å². The van der Waals surface area contributed by atoms with E-state index in [2.05, 4.69) is 11.4 Å². The molecule has 0 aliphatic carbocycles. The van der Waals surface area contributed by atoms with E-state index in [4.69, 9.17) is 0 Å². The van der Waals surface area contributed by atoms with Gasteiger partial charge in [0, 0.05) is 19.2 Å². The first-order valence-electron chi connectivity index (χ1n) is 10.4. The van der Waals surface area contributed by atoms with Crippen LogP contribution in [0.15, 0.2) is 72.8 Å². The number of amides is 3. The molecule has 0 spiro atoms. The third kappa shape index (κ3) is 5.08. The molecule has 162 valence electrons. The standard InChI is InChI=1S/C26H24N2O3S/c1-17-5-3-8-22(13-17)25(30)28(2)16-19-6-4-7-21(14-19)20-11-9-18(10-12-20)15-23-24(29)27-26(31)32-23/h3-14,23H,15-16H2,1-2H3,(H,27,29,31). The lowest BCUT2D eigenvalue weighted by Gasteiger charge is -2.18. The Morgan fingerprint density at radius 2 is 1.69 bits per heavy atom. The average molecular weight is 445 g/mol. The van der Waals surface area contributed by atoms with E-state index in [0.29, 0.717) is 18.5 Å². The SMILES string of the molecule is Cc1cccc(C(=O)N(C)Cc2cccc(-c3ccc(CC4SC(=O)NC4=O)cc3)c2)c1. The van der Waals surface area contributed by atoms with Gasteiger partial charge in [0.2, 0.25) is 5.91 Å². The Morgan fingerprint density at radius 3 is 2.38 bits per heavy atom. The summed E-state index contributed by atoms with van der Waals surface area (Å²) >= 11 is 1.05.